The second-order valence-corrected chi connectivity index (χ2v) is 6.59. The van der Waals surface area contributed by atoms with Crippen LogP contribution in [-0.4, -0.2) is 12.6 Å². The average molecular weight is 264 g/mol. The van der Waals surface area contributed by atoms with E-state index in [0.717, 1.165) is 11.4 Å². The first-order valence-corrected chi connectivity index (χ1v) is 7.59. The monoisotopic (exact) mass is 263 g/mol. The fourth-order valence-electron chi connectivity index (χ4n) is 3.31. The summed E-state index contributed by atoms with van der Waals surface area (Å²) in [6, 6.07) is 6.98. The van der Waals surface area contributed by atoms with E-state index < -0.39 is 0 Å². The standard InChI is InChI=1S/C16H22ClN/c1-2-5-16(6-7-16)11-18-15-9-12-3-4-14(17)8-13(12)10-15/h3-4,8,15,18H,2,5-7,9-11H2,1H3. The van der Waals surface area contributed by atoms with Crippen LogP contribution in [0.3, 0.4) is 0 Å². The van der Waals surface area contributed by atoms with Crippen molar-refractivity contribution >= 4 is 11.6 Å². The highest BCUT2D eigenvalue weighted by Gasteiger charge is 2.41. The number of rotatable bonds is 5. The summed E-state index contributed by atoms with van der Waals surface area (Å²) >= 11 is 6.05. The predicted molar refractivity (Wildman–Crippen MR) is 77.2 cm³/mol. The molecule has 0 saturated heterocycles. The Balaban J connectivity index is 1.55. The molecule has 2 heteroatoms. The third-order valence-corrected chi connectivity index (χ3v) is 4.84. The Morgan fingerprint density at radius 2 is 2.06 bits per heavy atom. The van der Waals surface area contributed by atoms with Crippen LogP contribution in [-0.2, 0) is 12.8 Å². The molecule has 1 fully saturated rings. The fraction of sp³-hybridized carbons (Fsp3) is 0.625. The maximum absolute atomic E-state index is 6.05. The Labute approximate surface area is 115 Å². The van der Waals surface area contributed by atoms with Crippen molar-refractivity contribution in [3.8, 4) is 0 Å². The maximum atomic E-state index is 6.05. The fourth-order valence-corrected chi connectivity index (χ4v) is 3.51. The van der Waals surface area contributed by atoms with Crippen LogP contribution in [0.5, 0.6) is 0 Å². The van der Waals surface area contributed by atoms with Crippen molar-refractivity contribution in [1.82, 2.24) is 5.32 Å². The SMILES string of the molecule is CCCC1(CNC2Cc3ccc(Cl)cc3C2)CC1. The van der Waals surface area contributed by atoms with Crippen molar-refractivity contribution < 1.29 is 0 Å². The molecule has 2 aliphatic rings. The Kier molecular flexibility index (Phi) is 3.38. The summed E-state index contributed by atoms with van der Waals surface area (Å²) in [5.74, 6) is 0. The Morgan fingerprint density at radius 3 is 2.78 bits per heavy atom. The maximum Gasteiger partial charge on any atom is 0.0408 e. The number of benzene rings is 1. The zero-order valence-corrected chi connectivity index (χ0v) is 11.9. The van der Waals surface area contributed by atoms with E-state index in [-0.39, 0.29) is 0 Å². The lowest BCUT2D eigenvalue weighted by atomic mass is 10.00. The third kappa shape index (κ3) is 2.57. The predicted octanol–water partition coefficient (Wildman–Crippen LogP) is 3.98. The van der Waals surface area contributed by atoms with Gasteiger partial charge in [-0.15, -0.1) is 0 Å². The number of nitrogens with one attached hydrogen (secondary N) is 1. The van der Waals surface area contributed by atoms with E-state index in [9.17, 15) is 0 Å². The number of fused-ring (bicyclic) bond motifs is 1. The van der Waals surface area contributed by atoms with Crippen molar-refractivity contribution in [2.45, 2.75) is 51.5 Å². The van der Waals surface area contributed by atoms with E-state index in [0.29, 0.717) is 11.5 Å². The third-order valence-electron chi connectivity index (χ3n) is 4.60. The molecule has 0 spiro atoms. The summed E-state index contributed by atoms with van der Waals surface area (Å²) in [4.78, 5) is 0. The molecule has 1 N–H and O–H groups in total. The van der Waals surface area contributed by atoms with Gasteiger partial charge in [-0.3, -0.25) is 0 Å². The molecule has 0 heterocycles. The summed E-state index contributed by atoms with van der Waals surface area (Å²) in [5.41, 5.74) is 3.58. The molecule has 0 aliphatic heterocycles. The molecular weight excluding hydrogens is 242 g/mol. The van der Waals surface area contributed by atoms with Gasteiger partial charge in [0.05, 0.1) is 0 Å². The van der Waals surface area contributed by atoms with Gasteiger partial charge in [0, 0.05) is 17.6 Å². The summed E-state index contributed by atoms with van der Waals surface area (Å²) in [7, 11) is 0. The molecule has 18 heavy (non-hydrogen) atoms. The minimum atomic E-state index is 0.632. The first-order valence-electron chi connectivity index (χ1n) is 7.21. The molecule has 0 radical (unpaired) electrons. The summed E-state index contributed by atoms with van der Waals surface area (Å²) < 4.78 is 0. The van der Waals surface area contributed by atoms with E-state index in [1.54, 1.807) is 0 Å². The van der Waals surface area contributed by atoms with E-state index >= 15 is 0 Å². The lowest BCUT2D eigenvalue weighted by Gasteiger charge is -2.18. The molecule has 2 aliphatic carbocycles. The van der Waals surface area contributed by atoms with Crippen LogP contribution in [0.25, 0.3) is 0 Å². The van der Waals surface area contributed by atoms with Crippen LogP contribution in [0.1, 0.15) is 43.7 Å². The number of hydrogen-bond donors (Lipinski definition) is 1. The molecule has 1 saturated carbocycles. The van der Waals surface area contributed by atoms with Gasteiger partial charge in [-0.05, 0) is 60.8 Å². The van der Waals surface area contributed by atoms with Crippen LogP contribution in [0, 0.1) is 5.41 Å². The minimum absolute atomic E-state index is 0.632. The highest BCUT2D eigenvalue weighted by atomic mass is 35.5. The summed E-state index contributed by atoms with van der Waals surface area (Å²) in [6.07, 6.45) is 7.90. The van der Waals surface area contributed by atoms with E-state index in [2.05, 4.69) is 24.4 Å². The topological polar surface area (TPSA) is 12.0 Å². The molecule has 1 aromatic rings. The van der Waals surface area contributed by atoms with Gasteiger partial charge in [-0.2, -0.15) is 0 Å². The van der Waals surface area contributed by atoms with E-state index in [4.69, 9.17) is 11.6 Å². The average Bonchev–Trinajstić information content (AvgIpc) is 2.99. The molecular formula is C16H22ClN. The highest BCUT2D eigenvalue weighted by Crippen LogP contribution is 2.49. The molecule has 1 aromatic carbocycles. The molecule has 98 valence electrons. The minimum Gasteiger partial charge on any atom is -0.313 e. The molecule has 3 rings (SSSR count). The van der Waals surface area contributed by atoms with Crippen LogP contribution < -0.4 is 5.32 Å². The van der Waals surface area contributed by atoms with Crippen molar-refractivity contribution in [3.05, 3.63) is 34.3 Å². The van der Waals surface area contributed by atoms with Crippen molar-refractivity contribution in [2.24, 2.45) is 5.41 Å². The smallest absolute Gasteiger partial charge is 0.0408 e. The normalized spacial score (nSPS) is 24.0. The highest BCUT2D eigenvalue weighted by molar-refractivity contribution is 6.30. The van der Waals surface area contributed by atoms with Gasteiger partial charge in [0.25, 0.3) is 0 Å². The van der Waals surface area contributed by atoms with E-state index in [1.807, 2.05) is 6.07 Å². The summed E-state index contributed by atoms with van der Waals surface area (Å²) in [5, 5.41) is 4.67. The number of halogens is 1. The molecule has 1 unspecified atom stereocenters. The van der Waals surface area contributed by atoms with Gasteiger partial charge < -0.3 is 5.32 Å². The summed E-state index contributed by atoms with van der Waals surface area (Å²) in [6.45, 7) is 3.51. The molecule has 1 nitrogen and oxygen atoms in total. The van der Waals surface area contributed by atoms with Gasteiger partial charge in [-0.25, -0.2) is 0 Å². The lowest BCUT2D eigenvalue weighted by molar-refractivity contribution is 0.389. The molecule has 0 amide bonds. The number of hydrogen-bond acceptors (Lipinski definition) is 1. The van der Waals surface area contributed by atoms with Crippen molar-refractivity contribution in [1.29, 1.82) is 0 Å². The van der Waals surface area contributed by atoms with Gasteiger partial charge in [0.2, 0.25) is 0 Å². The second kappa shape index (κ2) is 4.86. The van der Waals surface area contributed by atoms with Gasteiger partial charge in [0.15, 0.2) is 0 Å². The largest absolute Gasteiger partial charge is 0.313 e. The Hall–Kier alpha value is -0.530. The molecule has 0 aromatic heterocycles. The van der Waals surface area contributed by atoms with Crippen LogP contribution >= 0.6 is 11.6 Å². The van der Waals surface area contributed by atoms with Crippen LogP contribution in [0.4, 0.5) is 0 Å². The first kappa shape index (κ1) is 12.5. The van der Waals surface area contributed by atoms with Gasteiger partial charge in [-0.1, -0.05) is 31.0 Å². The van der Waals surface area contributed by atoms with E-state index in [1.165, 1.54) is 49.8 Å². The van der Waals surface area contributed by atoms with Crippen molar-refractivity contribution in [3.63, 3.8) is 0 Å². The van der Waals surface area contributed by atoms with Crippen molar-refractivity contribution in [2.75, 3.05) is 6.54 Å². The molecule has 0 bridgehead atoms. The zero-order valence-electron chi connectivity index (χ0n) is 11.1. The first-order chi connectivity index (χ1) is 8.71. The second-order valence-electron chi connectivity index (χ2n) is 6.15. The lowest BCUT2D eigenvalue weighted by Crippen LogP contribution is -2.34. The van der Waals surface area contributed by atoms with Gasteiger partial charge >= 0.3 is 0 Å². The van der Waals surface area contributed by atoms with Crippen LogP contribution in [0.15, 0.2) is 18.2 Å². The van der Waals surface area contributed by atoms with Crippen LogP contribution in [0.2, 0.25) is 5.02 Å². The Morgan fingerprint density at radius 1 is 1.28 bits per heavy atom. The molecule has 1 atom stereocenters. The quantitative estimate of drug-likeness (QED) is 0.847. The van der Waals surface area contributed by atoms with Gasteiger partial charge in [0.1, 0.15) is 0 Å². The zero-order chi connectivity index (χ0) is 12.6. The Bertz CT molecular complexity index is 437.